The predicted molar refractivity (Wildman–Crippen MR) is 120 cm³/mol. The summed E-state index contributed by atoms with van der Waals surface area (Å²) in [5.74, 6) is -0.616. The molecule has 0 spiro atoms. The molecule has 4 aromatic rings. The van der Waals surface area contributed by atoms with Gasteiger partial charge in [0.05, 0.1) is 28.8 Å². The molecule has 0 saturated carbocycles. The molecule has 2 heterocycles. The lowest BCUT2D eigenvalue weighted by molar-refractivity contribution is 0.00125. The molecule has 4 rings (SSSR count). The van der Waals surface area contributed by atoms with Crippen LogP contribution in [0.5, 0.6) is 0 Å². The molecular formula is C27H26N2O. The maximum Gasteiger partial charge on any atom is 0.0892 e. The first-order chi connectivity index (χ1) is 14.7. The van der Waals surface area contributed by atoms with Crippen LogP contribution in [0.3, 0.4) is 0 Å². The number of benzene rings is 2. The Morgan fingerprint density at radius 2 is 1.03 bits per heavy atom. The Labute approximate surface area is 178 Å². The quantitative estimate of drug-likeness (QED) is 0.445. The molecule has 30 heavy (non-hydrogen) atoms. The van der Waals surface area contributed by atoms with Gasteiger partial charge in [0.1, 0.15) is 0 Å². The topological polar surface area (TPSA) is 46.0 Å². The van der Waals surface area contributed by atoms with Gasteiger partial charge in [-0.25, -0.2) is 0 Å². The minimum atomic E-state index is -1.13. The van der Waals surface area contributed by atoms with Crippen LogP contribution in [0.2, 0.25) is 0 Å². The maximum absolute atomic E-state index is 12.5. The number of hydrogen-bond donors (Lipinski definition) is 1. The maximum atomic E-state index is 12.5. The van der Waals surface area contributed by atoms with E-state index in [4.69, 9.17) is 0 Å². The fourth-order valence-corrected chi connectivity index (χ4v) is 4.39. The summed E-state index contributed by atoms with van der Waals surface area (Å²) in [6.45, 7) is 2.04. The first-order valence-corrected chi connectivity index (χ1v) is 10.4. The molecular weight excluding hydrogens is 368 g/mol. The fraction of sp³-hybridized carbons (Fsp3) is 0.185. The molecule has 0 saturated heterocycles. The molecule has 0 aliphatic heterocycles. The van der Waals surface area contributed by atoms with Crippen molar-refractivity contribution in [3.63, 3.8) is 0 Å². The monoisotopic (exact) mass is 394 g/mol. The van der Waals surface area contributed by atoms with Crippen molar-refractivity contribution in [2.75, 3.05) is 0 Å². The Balaban J connectivity index is 1.95. The Morgan fingerprint density at radius 1 is 0.633 bits per heavy atom. The summed E-state index contributed by atoms with van der Waals surface area (Å²) in [5, 5.41) is 12.5. The van der Waals surface area contributed by atoms with E-state index in [2.05, 4.69) is 34.2 Å². The highest BCUT2D eigenvalue weighted by Crippen LogP contribution is 2.47. The lowest BCUT2D eigenvalue weighted by Crippen LogP contribution is -2.43. The van der Waals surface area contributed by atoms with Crippen LogP contribution in [0.15, 0.2) is 109 Å². The Bertz CT molecular complexity index is 875. The number of nitrogens with zero attached hydrogens (tertiary/aromatic N) is 2. The van der Waals surface area contributed by atoms with Crippen molar-refractivity contribution in [2.45, 2.75) is 30.8 Å². The van der Waals surface area contributed by atoms with Crippen LogP contribution in [0.25, 0.3) is 0 Å². The van der Waals surface area contributed by atoms with Crippen molar-refractivity contribution in [2.24, 2.45) is 0 Å². The van der Waals surface area contributed by atoms with Crippen LogP contribution in [-0.4, -0.2) is 20.7 Å². The van der Waals surface area contributed by atoms with Gasteiger partial charge in [-0.3, -0.25) is 9.97 Å². The summed E-state index contributed by atoms with van der Waals surface area (Å²) in [4.78, 5) is 9.32. The van der Waals surface area contributed by atoms with Gasteiger partial charge in [-0.15, -0.1) is 0 Å². The molecule has 0 radical (unpaired) electrons. The average Bonchev–Trinajstić information content (AvgIpc) is 2.82. The minimum absolute atomic E-state index is 0.308. The van der Waals surface area contributed by atoms with E-state index in [9.17, 15) is 5.11 Å². The van der Waals surface area contributed by atoms with Crippen molar-refractivity contribution in [3.8, 4) is 0 Å². The lowest BCUT2D eigenvalue weighted by atomic mass is 9.67. The van der Waals surface area contributed by atoms with E-state index in [0.717, 1.165) is 22.5 Å². The highest BCUT2D eigenvalue weighted by molar-refractivity contribution is 5.40. The van der Waals surface area contributed by atoms with Gasteiger partial charge in [0.15, 0.2) is 0 Å². The second kappa shape index (κ2) is 9.02. The van der Waals surface area contributed by atoms with Gasteiger partial charge >= 0.3 is 0 Å². The number of aliphatic hydroxyl groups is 1. The molecule has 0 aliphatic rings. The molecule has 0 fully saturated rings. The molecule has 1 N–H and O–H groups in total. The smallest absolute Gasteiger partial charge is 0.0892 e. The van der Waals surface area contributed by atoms with Gasteiger partial charge in [-0.05, 0) is 41.8 Å². The number of hydrogen-bond acceptors (Lipinski definition) is 3. The number of rotatable bonds is 7. The number of pyridine rings is 2. The molecule has 2 aromatic heterocycles. The van der Waals surface area contributed by atoms with E-state index in [-0.39, 0.29) is 11.8 Å². The number of aromatic nitrogens is 2. The van der Waals surface area contributed by atoms with E-state index >= 15 is 0 Å². The van der Waals surface area contributed by atoms with E-state index in [0.29, 0.717) is 6.42 Å². The van der Waals surface area contributed by atoms with Crippen molar-refractivity contribution in [1.29, 1.82) is 0 Å². The Hall–Kier alpha value is -3.30. The van der Waals surface area contributed by atoms with Gasteiger partial charge in [0.25, 0.3) is 0 Å². The molecule has 3 nitrogen and oxygen atoms in total. The van der Waals surface area contributed by atoms with Crippen molar-refractivity contribution in [1.82, 2.24) is 9.97 Å². The van der Waals surface area contributed by atoms with Gasteiger partial charge < -0.3 is 5.11 Å². The summed E-state index contributed by atoms with van der Waals surface area (Å²) in [7, 11) is 0. The summed E-state index contributed by atoms with van der Waals surface area (Å²) in [6.07, 6.45) is 4.12. The minimum Gasteiger partial charge on any atom is -0.388 e. The third kappa shape index (κ3) is 3.89. The standard InChI is InChI=1S/C27H26N2O/c1-2-27(30,25(21-13-5-3-6-14-21)23-17-9-11-19-28-23)26(22-15-7-4-8-16-22)24-18-10-12-20-29-24/h3-20,25-26,30H,2H2,1H3/t25-,26-/m0/s1. The normalized spacial score (nSPS) is 13.5. The van der Waals surface area contributed by atoms with Crippen LogP contribution < -0.4 is 0 Å². The predicted octanol–water partition coefficient (Wildman–Crippen LogP) is 5.58. The Morgan fingerprint density at radius 3 is 1.37 bits per heavy atom. The third-order valence-electron chi connectivity index (χ3n) is 5.80. The fourth-order valence-electron chi connectivity index (χ4n) is 4.39. The van der Waals surface area contributed by atoms with Crippen molar-refractivity contribution in [3.05, 3.63) is 132 Å². The van der Waals surface area contributed by atoms with Crippen molar-refractivity contribution >= 4 is 0 Å². The van der Waals surface area contributed by atoms with E-state index < -0.39 is 5.60 Å². The molecule has 0 aliphatic carbocycles. The zero-order valence-corrected chi connectivity index (χ0v) is 17.1. The molecule has 150 valence electrons. The second-order valence-corrected chi connectivity index (χ2v) is 7.54. The largest absolute Gasteiger partial charge is 0.388 e. The summed E-state index contributed by atoms with van der Waals surface area (Å²) >= 11 is 0. The zero-order chi connectivity index (χ0) is 20.8. The summed E-state index contributed by atoms with van der Waals surface area (Å²) in [6, 6.07) is 32.1. The average molecular weight is 395 g/mol. The first-order valence-electron chi connectivity index (χ1n) is 10.4. The molecule has 3 heteroatoms. The van der Waals surface area contributed by atoms with Crippen LogP contribution in [0.4, 0.5) is 0 Å². The first kappa shape index (κ1) is 20.0. The van der Waals surface area contributed by atoms with Gasteiger partial charge in [-0.2, -0.15) is 0 Å². The molecule has 2 atom stereocenters. The van der Waals surface area contributed by atoms with Gasteiger partial charge in [0, 0.05) is 12.4 Å². The molecule has 0 bridgehead atoms. The SMILES string of the molecule is CCC(O)([C@@H](c1ccccc1)c1ccccn1)[C@@H](c1ccccc1)c1ccccn1. The molecule has 2 aromatic carbocycles. The van der Waals surface area contributed by atoms with Crippen LogP contribution in [0.1, 0.15) is 47.7 Å². The summed E-state index contributed by atoms with van der Waals surface area (Å²) in [5.41, 5.74) is 2.65. The van der Waals surface area contributed by atoms with Crippen LogP contribution >= 0.6 is 0 Å². The van der Waals surface area contributed by atoms with Crippen LogP contribution in [-0.2, 0) is 0 Å². The molecule has 0 amide bonds. The Kier molecular flexibility index (Phi) is 6.01. The lowest BCUT2D eigenvalue weighted by Gasteiger charge is -2.42. The highest BCUT2D eigenvalue weighted by Gasteiger charge is 2.46. The van der Waals surface area contributed by atoms with Crippen molar-refractivity contribution < 1.29 is 5.11 Å². The van der Waals surface area contributed by atoms with Gasteiger partial charge in [0.2, 0.25) is 0 Å². The zero-order valence-electron chi connectivity index (χ0n) is 17.1. The highest BCUT2D eigenvalue weighted by atomic mass is 16.3. The van der Waals surface area contributed by atoms with E-state index in [1.807, 2.05) is 79.7 Å². The van der Waals surface area contributed by atoms with Gasteiger partial charge in [-0.1, -0.05) is 79.7 Å². The second-order valence-electron chi connectivity index (χ2n) is 7.54. The summed E-state index contributed by atoms with van der Waals surface area (Å²) < 4.78 is 0. The van der Waals surface area contributed by atoms with Crippen LogP contribution in [0, 0.1) is 0 Å². The van der Waals surface area contributed by atoms with E-state index in [1.165, 1.54) is 0 Å². The molecule has 0 unspecified atom stereocenters. The third-order valence-corrected chi connectivity index (χ3v) is 5.80. The van der Waals surface area contributed by atoms with E-state index in [1.54, 1.807) is 12.4 Å².